The van der Waals surface area contributed by atoms with Crippen molar-refractivity contribution in [3.8, 4) is 11.9 Å². The van der Waals surface area contributed by atoms with Gasteiger partial charge in [-0.15, -0.1) is 0 Å². The highest BCUT2D eigenvalue weighted by Crippen LogP contribution is 2.20. The summed E-state index contributed by atoms with van der Waals surface area (Å²) in [7, 11) is -3.21. The van der Waals surface area contributed by atoms with Crippen molar-refractivity contribution in [2.24, 2.45) is 0 Å². The number of aromatic nitrogens is 2. The molecule has 108 valence electrons. The molecule has 0 aromatic carbocycles. The maximum Gasteiger partial charge on any atom is 0.251 e. The van der Waals surface area contributed by atoms with Gasteiger partial charge in [-0.05, 0) is 19.8 Å². The van der Waals surface area contributed by atoms with Gasteiger partial charge in [0.15, 0.2) is 0 Å². The summed E-state index contributed by atoms with van der Waals surface area (Å²) in [5, 5.41) is 8.93. The summed E-state index contributed by atoms with van der Waals surface area (Å²) in [6.07, 6.45) is 4.02. The van der Waals surface area contributed by atoms with Gasteiger partial charge in [-0.25, -0.2) is 18.4 Å². The van der Waals surface area contributed by atoms with Crippen molar-refractivity contribution < 1.29 is 13.2 Å². The molecule has 0 spiro atoms. The Morgan fingerprint density at radius 1 is 1.50 bits per heavy atom. The molecule has 1 aromatic rings. The van der Waals surface area contributed by atoms with Crippen LogP contribution < -0.4 is 4.74 Å². The van der Waals surface area contributed by atoms with Crippen molar-refractivity contribution in [2.45, 2.75) is 25.9 Å². The van der Waals surface area contributed by atoms with E-state index in [1.54, 1.807) is 6.92 Å². The number of ether oxygens (including phenoxy) is 1. The number of sulfonamides is 1. The van der Waals surface area contributed by atoms with Gasteiger partial charge in [0.25, 0.3) is 5.88 Å². The molecule has 2 heterocycles. The van der Waals surface area contributed by atoms with E-state index in [-0.39, 0.29) is 30.0 Å². The summed E-state index contributed by atoms with van der Waals surface area (Å²) in [6, 6.07) is 1.91. The number of piperidine rings is 1. The molecule has 1 aliphatic rings. The Hall–Kier alpha value is -1.72. The quantitative estimate of drug-likeness (QED) is 0.804. The van der Waals surface area contributed by atoms with Gasteiger partial charge < -0.3 is 4.74 Å². The van der Waals surface area contributed by atoms with E-state index in [1.165, 1.54) is 16.7 Å². The van der Waals surface area contributed by atoms with Crippen LogP contribution in [0.2, 0.25) is 0 Å². The van der Waals surface area contributed by atoms with Crippen LogP contribution in [0.25, 0.3) is 0 Å². The molecule has 0 aliphatic carbocycles. The largest absolute Gasteiger partial charge is 0.471 e. The Labute approximate surface area is 118 Å². The summed E-state index contributed by atoms with van der Waals surface area (Å²) in [5.41, 5.74) is 0.114. The van der Waals surface area contributed by atoms with Crippen molar-refractivity contribution in [3.63, 3.8) is 0 Å². The van der Waals surface area contributed by atoms with Crippen molar-refractivity contribution in [3.05, 3.63) is 18.1 Å². The van der Waals surface area contributed by atoms with Crippen LogP contribution in [0.3, 0.4) is 0 Å². The number of rotatable bonds is 4. The molecule has 0 bridgehead atoms. The molecule has 1 aliphatic heterocycles. The molecule has 1 aromatic heterocycles. The normalized spacial score (nSPS) is 20.3. The topological polar surface area (TPSA) is 96.2 Å². The molecule has 20 heavy (non-hydrogen) atoms. The standard InChI is InChI=1S/C12H16N4O3S/c1-2-20(17,18)16-7-3-4-10(9-16)19-12-11(8-13)14-5-6-15-12/h5-6,10H,2-4,7,9H2,1H3/t10-/m1/s1. The predicted molar refractivity (Wildman–Crippen MR) is 71.4 cm³/mol. The van der Waals surface area contributed by atoms with Gasteiger partial charge in [0.05, 0.1) is 12.3 Å². The lowest BCUT2D eigenvalue weighted by atomic mass is 10.1. The third-order valence-corrected chi connectivity index (χ3v) is 5.00. The van der Waals surface area contributed by atoms with E-state index >= 15 is 0 Å². The minimum Gasteiger partial charge on any atom is -0.471 e. The molecular formula is C12H16N4O3S. The number of nitriles is 1. The third-order valence-electron chi connectivity index (χ3n) is 3.15. The second-order valence-corrected chi connectivity index (χ2v) is 6.72. The zero-order valence-corrected chi connectivity index (χ0v) is 12.0. The fourth-order valence-electron chi connectivity index (χ4n) is 2.08. The average molecular weight is 296 g/mol. The summed E-state index contributed by atoms with van der Waals surface area (Å²) < 4.78 is 30.8. The first-order chi connectivity index (χ1) is 9.56. The van der Waals surface area contributed by atoms with Crippen LogP contribution in [0.15, 0.2) is 12.4 Å². The molecule has 0 unspecified atom stereocenters. The molecule has 0 amide bonds. The van der Waals surface area contributed by atoms with Crippen LogP contribution in [-0.2, 0) is 10.0 Å². The molecule has 0 N–H and O–H groups in total. The zero-order chi connectivity index (χ0) is 14.6. The lowest BCUT2D eigenvalue weighted by Gasteiger charge is -2.31. The van der Waals surface area contributed by atoms with E-state index in [4.69, 9.17) is 10.00 Å². The van der Waals surface area contributed by atoms with Gasteiger partial charge in [0.2, 0.25) is 15.7 Å². The lowest BCUT2D eigenvalue weighted by Crippen LogP contribution is -2.45. The fraction of sp³-hybridized carbons (Fsp3) is 0.583. The maximum absolute atomic E-state index is 11.9. The first kappa shape index (κ1) is 14.7. The van der Waals surface area contributed by atoms with E-state index in [2.05, 4.69) is 9.97 Å². The molecular weight excluding hydrogens is 280 g/mol. The molecule has 1 fully saturated rings. The monoisotopic (exact) mass is 296 g/mol. The van der Waals surface area contributed by atoms with E-state index in [0.717, 1.165) is 12.8 Å². The Morgan fingerprint density at radius 2 is 2.25 bits per heavy atom. The molecule has 8 heteroatoms. The van der Waals surface area contributed by atoms with Crippen LogP contribution >= 0.6 is 0 Å². The van der Waals surface area contributed by atoms with Crippen molar-refractivity contribution in [1.82, 2.24) is 14.3 Å². The van der Waals surface area contributed by atoms with Crippen LogP contribution in [0.1, 0.15) is 25.5 Å². The van der Waals surface area contributed by atoms with E-state index in [1.807, 2.05) is 6.07 Å². The second kappa shape index (κ2) is 6.15. The second-order valence-electron chi connectivity index (χ2n) is 4.46. The average Bonchev–Trinajstić information content (AvgIpc) is 2.48. The van der Waals surface area contributed by atoms with Crippen LogP contribution in [0.4, 0.5) is 0 Å². The number of hydrogen-bond donors (Lipinski definition) is 0. The third kappa shape index (κ3) is 3.23. The van der Waals surface area contributed by atoms with Crippen molar-refractivity contribution >= 4 is 10.0 Å². The molecule has 1 saturated heterocycles. The Morgan fingerprint density at radius 3 is 2.95 bits per heavy atom. The van der Waals surface area contributed by atoms with E-state index in [0.29, 0.717) is 6.54 Å². The number of hydrogen-bond acceptors (Lipinski definition) is 6. The Bertz CT molecular complexity index is 611. The van der Waals surface area contributed by atoms with E-state index < -0.39 is 10.0 Å². The van der Waals surface area contributed by atoms with Crippen LogP contribution in [0, 0.1) is 11.3 Å². The minimum atomic E-state index is -3.21. The van der Waals surface area contributed by atoms with Gasteiger partial charge in [-0.1, -0.05) is 0 Å². The van der Waals surface area contributed by atoms with Gasteiger partial charge in [-0.3, -0.25) is 0 Å². The molecule has 2 rings (SSSR count). The van der Waals surface area contributed by atoms with Crippen LogP contribution in [0.5, 0.6) is 5.88 Å². The summed E-state index contributed by atoms with van der Waals surface area (Å²) in [6.45, 7) is 2.43. The summed E-state index contributed by atoms with van der Waals surface area (Å²) >= 11 is 0. The first-order valence-electron chi connectivity index (χ1n) is 6.42. The van der Waals surface area contributed by atoms with Crippen LogP contribution in [-0.4, -0.2) is 47.6 Å². The number of nitrogens with zero attached hydrogens (tertiary/aromatic N) is 4. The van der Waals surface area contributed by atoms with Gasteiger partial charge in [0.1, 0.15) is 12.2 Å². The van der Waals surface area contributed by atoms with Gasteiger partial charge in [-0.2, -0.15) is 9.57 Å². The molecule has 0 saturated carbocycles. The highest BCUT2D eigenvalue weighted by Gasteiger charge is 2.29. The highest BCUT2D eigenvalue weighted by atomic mass is 32.2. The van der Waals surface area contributed by atoms with Crippen molar-refractivity contribution in [1.29, 1.82) is 5.26 Å². The zero-order valence-electron chi connectivity index (χ0n) is 11.2. The minimum absolute atomic E-state index is 0.0777. The predicted octanol–water partition coefficient (Wildman–Crippen LogP) is 0.541. The van der Waals surface area contributed by atoms with Gasteiger partial charge >= 0.3 is 0 Å². The Balaban J connectivity index is 2.09. The lowest BCUT2D eigenvalue weighted by molar-refractivity contribution is 0.124. The fourth-order valence-corrected chi connectivity index (χ4v) is 3.25. The van der Waals surface area contributed by atoms with Gasteiger partial charge in [0, 0.05) is 18.9 Å². The first-order valence-corrected chi connectivity index (χ1v) is 8.03. The Kier molecular flexibility index (Phi) is 4.52. The maximum atomic E-state index is 11.9. The smallest absolute Gasteiger partial charge is 0.251 e. The summed E-state index contributed by atoms with van der Waals surface area (Å²) in [5.74, 6) is 0.240. The van der Waals surface area contributed by atoms with E-state index in [9.17, 15) is 8.42 Å². The molecule has 0 radical (unpaired) electrons. The SMILES string of the molecule is CCS(=O)(=O)N1CCC[C@@H](Oc2nccnc2C#N)C1. The molecule has 1 atom stereocenters. The van der Waals surface area contributed by atoms with Crippen molar-refractivity contribution in [2.75, 3.05) is 18.8 Å². The summed E-state index contributed by atoms with van der Waals surface area (Å²) in [4.78, 5) is 7.84. The highest BCUT2D eigenvalue weighted by molar-refractivity contribution is 7.89. The molecule has 7 nitrogen and oxygen atoms in total.